The molecule has 5 nitrogen and oxygen atoms in total. The summed E-state index contributed by atoms with van der Waals surface area (Å²) in [6, 6.07) is 5.90. The fraction of sp³-hybridized carbons (Fsp3) is 0.438. The molecule has 1 atom stereocenters. The van der Waals surface area contributed by atoms with Crippen molar-refractivity contribution in [2.45, 2.75) is 26.9 Å². The highest BCUT2D eigenvalue weighted by Gasteiger charge is 2.25. The summed E-state index contributed by atoms with van der Waals surface area (Å²) in [5.74, 6) is 0.792. The van der Waals surface area contributed by atoms with Gasteiger partial charge in [-0.1, -0.05) is 6.07 Å². The summed E-state index contributed by atoms with van der Waals surface area (Å²) in [6.45, 7) is 8.33. The van der Waals surface area contributed by atoms with Gasteiger partial charge < -0.3 is 9.64 Å². The van der Waals surface area contributed by atoms with E-state index in [4.69, 9.17) is 4.74 Å². The number of ether oxygens (including phenoxy) is 1. The van der Waals surface area contributed by atoms with E-state index >= 15 is 0 Å². The van der Waals surface area contributed by atoms with E-state index in [1.54, 1.807) is 6.20 Å². The van der Waals surface area contributed by atoms with Gasteiger partial charge in [0.1, 0.15) is 6.10 Å². The van der Waals surface area contributed by atoms with Gasteiger partial charge in [-0.25, -0.2) is 9.97 Å². The summed E-state index contributed by atoms with van der Waals surface area (Å²) >= 11 is 0. The van der Waals surface area contributed by atoms with Gasteiger partial charge in [0.15, 0.2) is 0 Å². The van der Waals surface area contributed by atoms with Crippen LogP contribution in [0, 0.1) is 20.8 Å². The molecular weight excluding hydrogens is 264 g/mol. The molecule has 1 aliphatic heterocycles. The summed E-state index contributed by atoms with van der Waals surface area (Å²) in [6.07, 6.45) is 1.78. The smallest absolute Gasteiger partial charge is 0.225 e. The normalized spacial score (nSPS) is 18.8. The van der Waals surface area contributed by atoms with Gasteiger partial charge in [0.25, 0.3) is 0 Å². The lowest BCUT2D eigenvalue weighted by atomic mass is 10.2. The quantitative estimate of drug-likeness (QED) is 0.847. The van der Waals surface area contributed by atoms with E-state index in [9.17, 15) is 0 Å². The molecule has 0 spiro atoms. The Hall–Kier alpha value is -2.01. The number of nitrogens with zero attached hydrogens (tertiary/aromatic N) is 4. The Kier molecular flexibility index (Phi) is 3.84. The van der Waals surface area contributed by atoms with Gasteiger partial charge in [0.05, 0.1) is 18.8 Å². The molecule has 3 rings (SSSR count). The van der Waals surface area contributed by atoms with Crippen molar-refractivity contribution in [2.75, 3.05) is 24.6 Å². The zero-order valence-electron chi connectivity index (χ0n) is 12.7. The van der Waals surface area contributed by atoms with Gasteiger partial charge in [-0.3, -0.25) is 4.98 Å². The van der Waals surface area contributed by atoms with Crippen molar-refractivity contribution in [1.82, 2.24) is 15.0 Å². The van der Waals surface area contributed by atoms with Crippen LogP contribution in [0.4, 0.5) is 5.95 Å². The monoisotopic (exact) mass is 284 g/mol. The summed E-state index contributed by atoms with van der Waals surface area (Å²) in [7, 11) is 0. The molecule has 0 N–H and O–H groups in total. The third kappa shape index (κ3) is 2.88. The van der Waals surface area contributed by atoms with Crippen LogP contribution in [0.1, 0.15) is 28.7 Å². The van der Waals surface area contributed by atoms with Crippen LogP contribution < -0.4 is 4.90 Å². The maximum Gasteiger partial charge on any atom is 0.225 e. The molecule has 110 valence electrons. The van der Waals surface area contributed by atoms with Gasteiger partial charge in [-0.2, -0.15) is 0 Å². The average molecular weight is 284 g/mol. The minimum absolute atomic E-state index is 0.0227. The molecule has 0 bridgehead atoms. The fourth-order valence-electron chi connectivity index (χ4n) is 2.47. The Bertz CT molecular complexity index is 606. The van der Waals surface area contributed by atoms with Crippen LogP contribution in [0.5, 0.6) is 0 Å². The molecule has 0 aliphatic carbocycles. The molecule has 1 aliphatic rings. The lowest BCUT2D eigenvalue weighted by molar-refractivity contribution is 0.0364. The average Bonchev–Trinajstić information content (AvgIpc) is 2.53. The van der Waals surface area contributed by atoms with Crippen LogP contribution in [0.3, 0.4) is 0 Å². The van der Waals surface area contributed by atoms with E-state index in [1.165, 1.54) is 0 Å². The van der Waals surface area contributed by atoms with Crippen LogP contribution in [-0.4, -0.2) is 34.6 Å². The third-order valence-corrected chi connectivity index (χ3v) is 3.99. The van der Waals surface area contributed by atoms with Gasteiger partial charge >= 0.3 is 0 Å². The van der Waals surface area contributed by atoms with E-state index < -0.39 is 0 Å². The molecule has 0 saturated carbocycles. The molecule has 2 aromatic heterocycles. The van der Waals surface area contributed by atoms with E-state index in [1.807, 2.05) is 32.0 Å². The lowest BCUT2D eigenvalue weighted by Gasteiger charge is -2.33. The summed E-state index contributed by atoms with van der Waals surface area (Å²) in [5.41, 5.74) is 4.20. The van der Waals surface area contributed by atoms with Crippen molar-refractivity contribution < 1.29 is 4.74 Å². The van der Waals surface area contributed by atoms with Crippen LogP contribution in [0.15, 0.2) is 24.4 Å². The SMILES string of the molecule is Cc1nc(N2CCOC(c3ccccn3)C2)nc(C)c1C. The van der Waals surface area contributed by atoms with Crippen molar-refractivity contribution in [1.29, 1.82) is 0 Å². The molecule has 3 heterocycles. The number of hydrogen-bond acceptors (Lipinski definition) is 5. The van der Waals surface area contributed by atoms with Gasteiger partial charge in [0.2, 0.25) is 5.95 Å². The van der Waals surface area contributed by atoms with Gasteiger partial charge in [0, 0.05) is 24.1 Å². The van der Waals surface area contributed by atoms with Crippen molar-refractivity contribution in [3.05, 3.63) is 47.0 Å². The van der Waals surface area contributed by atoms with Crippen LogP contribution in [0.2, 0.25) is 0 Å². The van der Waals surface area contributed by atoms with E-state index in [2.05, 4.69) is 26.8 Å². The maximum absolute atomic E-state index is 5.84. The van der Waals surface area contributed by atoms with Gasteiger partial charge in [-0.15, -0.1) is 0 Å². The minimum atomic E-state index is -0.0227. The van der Waals surface area contributed by atoms with Crippen LogP contribution in [-0.2, 0) is 4.74 Å². The van der Waals surface area contributed by atoms with E-state index in [0.717, 1.165) is 41.7 Å². The molecule has 21 heavy (non-hydrogen) atoms. The zero-order valence-corrected chi connectivity index (χ0v) is 12.7. The van der Waals surface area contributed by atoms with Crippen molar-refractivity contribution in [2.24, 2.45) is 0 Å². The lowest BCUT2D eigenvalue weighted by Crippen LogP contribution is -2.39. The number of anilines is 1. The molecule has 0 amide bonds. The third-order valence-electron chi connectivity index (χ3n) is 3.99. The van der Waals surface area contributed by atoms with Crippen molar-refractivity contribution in [3.63, 3.8) is 0 Å². The Morgan fingerprint density at radius 2 is 1.90 bits per heavy atom. The second-order valence-electron chi connectivity index (χ2n) is 5.38. The standard InChI is InChI=1S/C16H20N4O/c1-11-12(2)18-16(19-13(11)3)20-8-9-21-15(10-20)14-6-4-5-7-17-14/h4-7,15H,8-10H2,1-3H3. The predicted molar refractivity (Wildman–Crippen MR) is 81.4 cm³/mol. The predicted octanol–water partition coefficient (Wildman–Crippen LogP) is 2.37. The van der Waals surface area contributed by atoms with Gasteiger partial charge in [-0.05, 0) is 38.5 Å². The Balaban J connectivity index is 1.83. The molecular formula is C16H20N4O. The van der Waals surface area contributed by atoms with E-state index in [-0.39, 0.29) is 6.10 Å². The molecule has 1 unspecified atom stereocenters. The first-order valence-electron chi connectivity index (χ1n) is 7.24. The first-order chi connectivity index (χ1) is 10.1. The largest absolute Gasteiger partial charge is 0.368 e. The molecule has 0 aromatic carbocycles. The number of hydrogen-bond donors (Lipinski definition) is 0. The minimum Gasteiger partial charge on any atom is -0.368 e. The molecule has 0 radical (unpaired) electrons. The second kappa shape index (κ2) is 5.77. The molecule has 1 saturated heterocycles. The summed E-state index contributed by atoms with van der Waals surface area (Å²) in [5, 5.41) is 0. The topological polar surface area (TPSA) is 51.1 Å². The molecule has 1 fully saturated rings. The van der Waals surface area contributed by atoms with E-state index in [0.29, 0.717) is 6.61 Å². The number of morpholine rings is 1. The highest BCUT2D eigenvalue weighted by atomic mass is 16.5. The summed E-state index contributed by atoms with van der Waals surface area (Å²) in [4.78, 5) is 15.8. The Morgan fingerprint density at radius 3 is 2.57 bits per heavy atom. The van der Waals surface area contributed by atoms with Crippen LogP contribution in [0.25, 0.3) is 0 Å². The first kappa shape index (κ1) is 13.9. The van der Waals surface area contributed by atoms with Crippen molar-refractivity contribution >= 4 is 5.95 Å². The summed E-state index contributed by atoms with van der Waals surface area (Å²) < 4.78 is 5.84. The zero-order chi connectivity index (χ0) is 14.8. The maximum atomic E-state index is 5.84. The Labute approximate surface area is 125 Å². The number of rotatable bonds is 2. The van der Waals surface area contributed by atoms with Crippen molar-refractivity contribution in [3.8, 4) is 0 Å². The molecule has 2 aromatic rings. The number of pyridine rings is 1. The second-order valence-corrected chi connectivity index (χ2v) is 5.38. The fourth-order valence-corrected chi connectivity index (χ4v) is 2.47. The first-order valence-corrected chi connectivity index (χ1v) is 7.24. The Morgan fingerprint density at radius 1 is 1.14 bits per heavy atom. The highest BCUT2D eigenvalue weighted by Crippen LogP contribution is 2.23. The van der Waals surface area contributed by atoms with Crippen LogP contribution >= 0.6 is 0 Å². The molecule has 5 heteroatoms. The number of aryl methyl sites for hydroxylation is 2. The number of aromatic nitrogens is 3. The highest BCUT2D eigenvalue weighted by molar-refractivity contribution is 5.37.